The molecular formula is C19H18N2O2. The third-order valence-corrected chi connectivity index (χ3v) is 3.67. The molecule has 0 unspecified atom stereocenters. The van der Waals surface area contributed by atoms with Crippen LogP contribution in [-0.4, -0.2) is 15.8 Å². The van der Waals surface area contributed by atoms with Crippen LogP contribution in [0.4, 0.5) is 0 Å². The standard InChI is InChI=1S/C19H18N2O2/c1-15-7-2-3-10-18(15)19(22)21(14-17-9-6-12-23-17)13-16-8-4-5-11-20-16/h2-12H,13-14H2,1H3. The lowest BCUT2D eigenvalue weighted by molar-refractivity contribution is 0.0714. The van der Waals surface area contributed by atoms with Crippen LogP contribution in [0.5, 0.6) is 0 Å². The first-order valence-electron chi connectivity index (χ1n) is 7.51. The molecule has 23 heavy (non-hydrogen) atoms. The first kappa shape index (κ1) is 15.0. The highest BCUT2D eigenvalue weighted by Gasteiger charge is 2.19. The van der Waals surface area contributed by atoms with Crippen LogP contribution in [0.1, 0.15) is 27.4 Å². The Hall–Kier alpha value is -2.88. The molecule has 0 N–H and O–H groups in total. The van der Waals surface area contributed by atoms with Gasteiger partial charge in [0.25, 0.3) is 5.91 Å². The number of aryl methyl sites for hydroxylation is 1. The maximum absolute atomic E-state index is 13.0. The first-order chi connectivity index (χ1) is 11.2. The SMILES string of the molecule is Cc1ccccc1C(=O)N(Cc1ccccn1)Cc1ccco1. The molecule has 2 heterocycles. The predicted octanol–water partition coefficient (Wildman–Crippen LogP) is 3.83. The smallest absolute Gasteiger partial charge is 0.254 e. The number of benzene rings is 1. The van der Waals surface area contributed by atoms with Gasteiger partial charge in [0.1, 0.15) is 5.76 Å². The van der Waals surface area contributed by atoms with Crippen molar-refractivity contribution in [2.24, 2.45) is 0 Å². The molecule has 0 radical (unpaired) electrons. The van der Waals surface area contributed by atoms with Crippen molar-refractivity contribution in [3.8, 4) is 0 Å². The van der Waals surface area contributed by atoms with Gasteiger partial charge in [0.05, 0.1) is 25.0 Å². The number of carbonyl (C=O) groups is 1. The number of aromatic nitrogens is 1. The molecule has 1 amide bonds. The molecule has 0 saturated heterocycles. The average Bonchev–Trinajstić information content (AvgIpc) is 3.08. The second-order valence-corrected chi connectivity index (χ2v) is 5.38. The molecule has 0 atom stereocenters. The Morgan fingerprint density at radius 2 is 1.87 bits per heavy atom. The summed E-state index contributed by atoms with van der Waals surface area (Å²) < 4.78 is 5.40. The fourth-order valence-electron chi connectivity index (χ4n) is 2.46. The molecule has 3 aromatic rings. The highest BCUT2D eigenvalue weighted by atomic mass is 16.3. The van der Waals surface area contributed by atoms with Crippen molar-refractivity contribution in [3.63, 3.8) is 0 Å². The van der Waals surface area contributed by atoms with E-state index in [0.717, 1.165) is 17.0 Å². The Morgan fingerprint density at radius 3 is 2.57 bits per heavy atom. The highest BCUT2D eigenvalue weighted by Crippen LogP contribution is 2.16. The molecular weight excluding hydrogens is 288 g/mol. The second kappa shape index (κ2) is 6.92. The van der Waals surface area contributed by atoms with Crippen LogP contribution in [0, 0.1) is 6.92 Å². The highest BCUT2D eigenvalue weighted by molar-refractivity contribution is 5.95. The summed E-state index contributed by atoms with van der Waals surface area (Å²) in [5.74, 6) is 0.730. The molecule has 0 aliphatic heterocycles. The van der Waals surface area contributed by atoms with Gasteiger partial charge in [0, 0.05) is 11.8 Å². The number of hydrogen-bond donors (Lipinski definition) is 0. The largest absolute Gasteiger partial charge is 0.467 e. The number of amides is 1. The van der Waals surface area contributed by atoms with E-state index in [2.05, 4.69) is 4.98 Å². The van der Waals surface area contributed by atoms with E-state index in [4.69, 9.17) is 4.42 Å². The molecule has 4 nitrogen and oxygen atoms in total. The third kappa shape index (κ3) is 3.66. The van der Waals surface area contributed by atoms with Crippen LogP contribution in [0.25, 0.3) is 0 Å². The summed E-state index contributed by atoms with van der Waals surface area (Å²) in [5, 5.41) is 0. The van der Waals surface area contributed by atoms with Gasteiger partial charge in [0.2, 0.25) is 0 Å². The molecule has 0 saturated carbocycles. The number of nitrogens with zero attached hydrogens (tertiary/aromatic N) is 2. The van der Waals surface area contributed by atoms with Crippen LogP contribution in [0.15, 0.2) is 71.5 Å². The van der Waals surface area contributed by atoms with E-state index >= 15 is 0 Å². The number of rotatable bonds is 5. The quantitative estimate of drug-likeness (QED) is 0.720. The molecule has 0 fully saturated rings. The van der Waals surface area contributed by atoms with Crippen LogP contribution < -0.4 is 0 Å². The van der Waals surface area contributed by atoms with Crippen molar-refractivity contribution in [1.29, 1.82) is 0 Å². The van der Waals surface area contributed by atoms with Crippen molar-refractivity contribution in [1.82, 2.24) is 9.88 Å². The van der Waals surface area contributed by atoms with Gasteiger partial charge in [-0.3, -0.25) is 9.78 Å². The minimum atomic E-state index is -0.0230. The summed E-state index contributed by atoms with van der Waals surface area (Å²) in [6, 6.07) is 17.0. The lowest BCUT2D eigenvalue weighted by Crippen LogP contribution is -2.30. The van der Waals surface area contributed by atoms with E-state index in [1.165, 1.54) is 0 Å². The van der Waals surface area contributed by atoms with Gasteiger partial charge in [-0.25, -0.2) is 0 Å². The summed E-state index contributed by atoms with van der Waals surface area (Å²) in [4.78, 5) is 19.0. The Balaban J connectivity index is 1.88. The zero-order valence-electron chi connectivity index (χ0n) is 13.0. The summed E-state index contributed by atoms with van der Waals surface area (Å²) in [6.07, 6.45) is 3.35. The monoisotopic (exact) mass is 306 g/mol. The molecule has 3 rings (SSSR count). The molecule has 2 aromatic heterocycles. The molecule has 0 aliphatic carbocycles. The number of pyridine rings is 1. The lowest BCUT2D eigenvalue weighted by atomic mass is 10.1. The van der Waals surface area contributed by atoms with E-state index < -0.39 is 0 Å². The van der Waals surface area contributed by atoms with Gasteiger partial charge in [0.15, 0.2) is 0 Å². The molecule has 4 heteroatoms. The van der Waals surface area contributed by atoms with E-state index in [1.54, 1.807) is 17.4 Å². The summed E-state index contributed by atoms with van der Waals surface area (Å²) in [6.45, 7) is 2.80. The van der Waals surface area contributed by atoms with E-state index in [9.17, 15) is 4.79 Å². The molecule has 0 bridgehead atoms. The normalized spacial score (nSPS) is 10.5. The fourth-order valence-corrected chi connectivity index (χ4v) is 2.46. The van der Waals surface area contributed by atoms with Gasteiger partial charge in [-0.1, -0.05) is 24.3 Å². The zero-order valence-corrected chi connectivity index (χ0v) is 13.0. The maximum Gasteiger partial charge on any atom is 0.254 e. The molecule has 0 aliphatic rings. The Labute approximate surface area is 135 Å². The van der Waals surface area contributed by atoms with Gasteiger partial charge < -0.3 is 9.32 Å². The number of furan rings is 1. The van der Waals surface area contributed by atoms with Crippen molar-refractivity contribution in [3.05, 3.63) is 89.6 Å². The van der Waals surface area contributed by atoms with Crippen LogP contribution in [-0.2, 0) is 13.1 Å². The Bertz CT molecular complexity index is 767. The fraction of sp³-hybridized carbons (Fsp3) is 0.158. The van der Waals surface area contributed by atoms with Crippen molar-refractivity contribution >= 4 is 5.91 Å². The molecule has 1 aromatic carbocycles. The molecule has 116 valence electrons. The van der Waals surface area contributed by atoms with Crippen molar-refractivity contribution in [2.45, 2.75) is 20.0 Å². The minimum absolute atomic E-state index is 0.0230. The van der Waals surface area contributed by atoms with E-state index in [0.29, 0.717) is 18.7 Å². The average molecular weight is 306 g/mol. The van der Waals surface area contributed by atoms with Crippen molar-refractivity contribution in [2.75, 3.05) is 0 Å². The predicted molar refractivity (Wildman–Crippen MR) is 87.7 cm³/mol. The third-order valence-electron chi connectivity index (χ3n) is 3.67. The number of carbonyl (C=O) groups excluding carboxylic acids is 1. The van der Waals surface area contributed by atoms with Crippen LogP contribution in [0.3, 0.4) is 0 Å². The Morgan fingerprint density at radius 1 is 1.04 bits per heavy atom. The summed E-state index contributed by atoms with van der Waals surface area (Å²) in [7, 11) is 0. The van der Waals surface area contributed by atoms with E-state index in [-0.39, 0.29) is 5.91 Å². The Kier molecular flexibility index (Phi) is 4.52. The van der Waals surface area contributed by atoms with Gasteiger partial charge in [-0.15, -0.1) is 0 Å². The number of hydrogen-bond acceptors (Lipinski definition) is 3. The zero-order chi connectivity index (χ0) is 16.1. The molecule has 0 spiro atoms. The summed E-state index contributed by atoms with van der Waals surface area (Å²) in [5.41, 5.74) is 2.51. The van der Waals surface area contributed by atoms with Gasteiger partial charge in [-0.05, 0) is 42.8 Å². The van der Waals surface area contributed by atoms with Crippen molar-refractivity contribution < 1.29 is 9.21 Å². The lowest BCUT2D eigenvalue weighted by Gasteiger charge is -2.22. The van der Waals surface area contributed by atoms with Crippen LogP contribution >= 0.6 is 0 Å². The topological polar surface area (TPSA) is 46.3 Å². The van der Waals surface area contributed by atoms with E-state index in [1.807, 2.05) is 61.5 Å². The maximum atomic E-state index is 13.0. The van der Waals surface area contributed by atoms with Gasteiger partial charge >= 0.3 is 0 Å². The van der Waals surface area contributed by atoms with Crippen LogP contribution in [0.2, 0.25) is 0 Å². The first-order valence-corrected chi connectivity index (χ1v) is 7.51. The van der Waals surface area contributed by atoms with Gasteiger partial charge in [-0.2, -0.15) is 0 Å². The second-order valence-electron chi connectivity index (χ2n) is 5.38. The summed E-state index contributed by atoms with van der Waals surface area (Å²) >= 11 is 0. The minimum Gasteiger partial charge on any atom is -0.467 e.